The molecule has 0 heterocycles. The molecule has 0 amide bonds. The van der Waals surface area contributed by atoms with Crippen LogP contribution in [-0.2, 0) is 29.2 Å². The Morgan fingerprint density at radius 1 is 0.793 bits per heavy atom. The lowest BCUT2D eigenvalue weighted by atomic mass is 10.1. The lowest BCUT2D eigenvalue weighted by Crippen LogP contribution is -2.46. The molecule has 3 aromatic carbocycles. The highest BCUT2D eigenvalue weighted by Gasteiger charge is 2.33. The van der Waals surface area contributed by atoms with Gasteiger partial charge in [0.05, 0.1) is 0 Å². The Bertz CT molecular complexity index is 828. The molecule has 0 radical (unpaired) electrons. The number of alkyl halides is 1. The highest BCUT2D eigenvalue weighted by atomic mass is 19.1. The summed E-state index contributed by atoms with van der Waals surface area (Å²) >= 11 is 0. The first kappa shape index (κ1) is 20.7. The molecule has 0 aliphatic heterocycles. The standard InChI is InChI=1S/C25H26FNO2/c1-20(26)24(25(28)29-19-23-15-9-4-10-16-23)27(17-21-11-5-2-6-12-21)18-22-13-7-3-8-14-22/h2-16,20,24H,17-19H2,1H3. The molecule has 0 saturated carbocycles. The van der Waals surface area contributed by atoms with Crippen LogP contribution in [0.1, 0.15) is 23.6 Å². The molecule has 0 saturated heterocycles. The normalized spacial score (nSPS) is 13.1. The van der Waals surface area contributed by atoms with Crippen molar-refractivity contribution in [3.63, 3.8) is 0 Å². The molecule has 29 heavy (non-hydrogen) atoms. The highest BCUT2D eigenvalue weighted by Crippen LogP contribution is 2.19. The van der Waals surface area contributed by atoms with Crippen molar-refractivity contribution < 1.29 is 13.9 Å². The zero-order valence-electron chi connectivity index (χ0n) is 16.6. The lowest BCUT2D eigenvalue weighted by Gasteiger charge is -2.31. The van der Waals surface area contributed by atoms with E-state index in [0.29, 0.717) is 13.1 Å². The van der Waals surface area contributed by atoms with Crippen molar-refractivity contribution in [2.24, 2.45) is 0 Å². The summed E-state index contributed by atoms with van der Waals surface area (Å²) in [5.41, 5.74) is 2.92. The van der Waals surface area contributed by atoms with Crippen molar-refractivity contribution in [3.05, 3.63) is 108 Å². The van der Waals surface area contributed by atoms with Gasteiger partial charge < -0.3 is 4.74 Å². The van der Waals surface area contributed by atoms with Gasteiger partial charge in [0.1, 0.15) is 18.8 Å². The van der Waals surface area contributed by atoms with Crippen LogP contribution in [0.3, 0.4) is 0 Å². The van der Waals surface area contributed by atoms with Crippen molar-refractivity contribution in [3.8, 4) is 0 Å². The van der Waals surface area contributed by atoms with Gasteiger partial charge in [0, 0.05) is 13.1 Å². The van der Waals surface area contributed by atoms with E-state index in [0.717, 1.165) is 16.7 Å². The molecule has 0 aromatic heterocycles. The minimum absolute atomic E-state index is 0.132. The van der Waals surface area contributed by atoms with Crippen LogP contribution in [0.25, 0.3) is 0 Å². The molecule has 150 valence electrons. The van der Waals surface area contributed by atoms with Crippen LogP contribution in [-0.4, -0.2) is 23.1 Å². The first-order valence-electron chi connectivity index (χ1n) is 9.80. The van der Waals surface area contributed by atoms with Crippen molar-refractivity contribution in [2.75, 3.05) is 0 Å². The number of nitrogens with zero attached hydrogens (tertiary/aromatic N) is 1. The third-order valence-corrected chi connectivity index (χ3v) is 4.75. The predicted molar refractivity (Wildman–Crippen MR) is 113 cm³/mol. The summed E-state index contributed by atoms with van der Waals surface area (Å²) < 4.78 is 20.1. The Kier molecular flexibility index (Phi) is 7.54. The van der Waals surface area contributed by atoms with Crippen LogP contribution >= 0.6 is 0 Å². The molecule has 4 heteroatoms. The summed E-state index contributed by atoms with van der Waals surface area (Å²) in [6, 6.07) is 28.0. The maximum absolute atomic E-state index is 14.7. The zero-order valence-corrected chi connectivity index (χ0v) is 16.6. The van der Waals surface area contributed by atoms with E-state index in [1.165, 1.54) is 6.92 Å². The second-order valence-electron chi connectivity index (χ2n) is 7.09. The van der Waals surface area contributed by atoms with E-state index in [-0.39, 0.29) is 6.61 Å². The number of carbonyl (C=O) groups excluding carboxylic acids is 1. The van der Waals surface area contributed by atoms with Gasteiger partial charge in [0.25, 0.3) is 0 Å². The number of halogens is 1. The maximum atomic E-state index is 14.7. The highest BCUT2D eigenvalue weighted by molar-refractivity contribution is 5.76. The van der Waals surface area contributed by atoms with Gasteiger partial charge in [-0.3, -0.25) is 9.69 Å². The molecular weight excluding hydrogens is 365 g/mol. The van der Waals surface area contributed by atoms with Crippen molar-refractivity contribution in [1.29, 1.82) is 0 Å². The minimum atomic E-state index is -1.37. The molecule has 0 aliphatic rings. The fourth-order valence-electron chi connectivity index (χ4n) is 3.33. The van der Waals surface area contributed by atoms with Gasteiger partial charge in [0.15, 0.2) is 0 Å². The van der Waals surface area contributed by atoms with E-state index < -0.39 is 18.2 Å². The van der Waals surface area contributed by atoms with E-state index in [4.69, 9.17) is 4.74 Å². The van der Waals surface area contributed by atoms with Crippen LogP contribution in [0.15, 0.2) is 91.0 Å². The largest absolute Gasteiger partial charge is 0.460 e. The topological polar surface area (TPSA) is 29.5 Å². The summed E-state index contributed by atoms with van der Waals surface area (Å²) in [7, 11) is 0. The van der Waals surface area contributed by atoms with E-state index in [9.17, 15) is 9.18 Å². The van der Waals surface area contributed by atoms with Crippen LogP contribution in [0.2, 0.25) is 0 Å². The zero-order chi connectivity index (χ0) is 20.5. The van der Waals surface area contributed by atoms with E-state index in [1.807, 2.05) is 95.9 Å². The summed E-state index contributed by atoms with van der Waals surface area (Å²) in [6.45, 7) is 2.45. The summed E-state index contributed by atoms with van der Waals surface area (Å²) in [4.78, 5) is 14.7. The Hall–Kier alpha value is -2.98. The van der Waals surface area contributed by atoms with Gasteiger partial charge in [-0.1, -0.05) is 91.0 Å². The van der Waals surface area contributed by atoms with Crippen molar-refractivity contribution in [1.82, 2.24) is 4.90 Å². The third-order valence-electron chi connectivity index (χ3n) is 4.75. The second kappa shape index (κ2) is 10.5. The number of carbonyl (C=O) groups is 1. The van der Waals surface area contributed by atoms with Crippen molar-refractivity contribution >= 4 is 5.97 Å². The van der Waals surface area contributed by atoms with Gasteiger partial charge in [-0.2, -0.15) is 0 Å². The van der Waals surface area contributed by atoms with Gasteiger partial charge in [-0.05, 0) is 23.6 Å². The molecule has 0 N–H and O–H groups in total. The summed E-state index contributed by atoms with van der Waals surface area (Å²) in [5, 5.41) is 0. The number of rotatable bonds is 9. The molecular formula is C25H26FNO2. The van der Waals surface area contributed by atoms with Crippen LogP contribution in [0, 0.1) is 0 Å². The SMILES string of the molecule is CC(F)C(C(=O)OCc1ccccc1)N(Cc1ccccc1)Cc1ccccc1. The molecule has 3 rings (SSSR count). The molecule has 3 aromatic rings. The quantitative estimate of drug-likeness (QED) is 0.472. The number of hydrogen-bond acceptors (Lipinski definition) is 3. The molecule has 0 fully saturated rings. The number of hydrogen-bond donors (Lipinski definition) is 0. The smallest absolute Gasteiger partial charge is 0.326 e. The van der Waals surface area contributed by atoms with Crippen LogP contribution in [0.5, 0.6) is 0 Å². The summed E-state index contributed by atoms with van der Waals surface area (Å²) in [5.74, 6) is -0.546. The van der Waals surface area contributed by atoms with E-state index in [1.54, 1.807) is 0 Å². The number of ether oxygens (including phenoxy) is 1. The third kappa shape index (κ3) is 6.26. The Morgan fingerprint density at radius 2 is 1.21 bits per heavy atom. The molecule has 0 spiro atoms. The molecule has 3 nitrogen and oxygen atoms in total. The van der Waals surface area contributed by atoms with Gasteiger partial charge >= 0.3 is 5.97 Å². The fourth-order valence-corrected chi connectivity index (χ4v) is 3.33. The van der Waals surface area contributed by atoms with Gasteiger partial charge in [-0.25, -0.2) is 4.39 Å². The van der Waals surface area contributed by atoms with E-state index in [2.05, 4.69) is 0 Å². The first-order valence-corrected chi connectivity index (χ1v) is 9.80. The fraction of sp³-hybridized carbons (Fsp3) is 0.240. The summed E-state index contributed by atoms with van der Waals surface area (Å²) in [6.07, 6.45) is -1.37. The second-order valence-corrected chi connectivity index (χ2v) is 7.09. The predicted octanol–water partition coefficient (Wildman–Crippen LogP) is 5.16. The lowest BCUT2D eigenvalue weighted by molar-refractivity contribution is -0.154. The molecule has 2 atom stereocenters. The molecule has 0 bridgehead atoms. The Morgan fingerprint density at radius 3 is 1.62 bits per heavy atom. The van der Waals surface area contributed by atoms with Crippen LogP contribution in [0.4, 0.5) is 4.39 Å². The number of benzene rings is 3. The van der Waals surface area contributed by atoms with Crippen molar-refractivity contribution in [2.45, 2.75) is 38.8 Å². The van der Waals surface area contributed by atoms with Crippen LogP contribution < -0.4 is 0 Å². The number of esters is 1. The molecule has 0 aliphatic carbocycles. The maximum Gasteiger partial charge on any atom is 0.326 e. The monoisotopic (exact) mass is 391 g/mol. The average Bonchev–Trinajstić information content (AvgIpc) is 2.74. The first-order chi connectivity index (χ1) is 14.1. The Balaban J connectivity index is 1.79. The molecule has 2 unspecified atom stereocenters. The average molecular weight is 391 g/mol. The Labute approximate surface area is 171 Å². The van der Waals surface area contributed by atoms with Gasteiger partial charge in [0.2, 0.25) is 0 Å². The van der Waals surface area contributed by atoms with E-state index >= 15 is 0 Å². The minimum Gasteiger partial charge on any atom is -0.460 e. The van der Waals surface area contributed by atoms with Gasteiger partial charge in [-0.15, -0.1) is 0 Å².